The third-order valence-corrected chi connectivity index (χ3v) is 4.24. The molecule has 3 heterocycles. The number of fused-ring (bicyclic) bond motifs is 1. The van der Waals surface area contributed by atoms with Gasteiger partial charge in [0.1, 0.15) is 11.9 Å². The Hall–Kier alpha value is -3.55. The number of halogens is 1. The van der Waals surface area contributed by atoms with Gasteiger partial charge >= 0.3 is 0 Å². The highest BCUT2D eigenvalue weighted by atomic mass is 19.1. The molecule has 7 nitrogen and oxygen atoms in total. The Bertz CT molecular complexity index is 1030. The molecule has 0 saturated heterocycles. The fourth-order valence-corrected chi connectivity index (χ4v) is 3.07. The third kappa shape index (κ3) is 2.52. The molecule has 0 fully saturated rings. The third-order valence-electron chi connectivity index (χ3n) is 4.24. The molecule has 8 heteroatoms. The fourth-order valence-electron chi connectivity index (χ4n) is 3.07. The Morgan fingerprint density at radius 2 is 2.08 bits per heavy atom. The first-order valence-electron chi connectivity index (χ1n) is 7.95. The van der Waals surface area contributed by atoms with Crippen molar-refractivity contribution < 1.29 is 9.18 Å². The molecule has 130 valence electrons. The summed E-state index contributed by atoms with van der Waals surface area (Å²) in [6, 6.07) is 9.03. The Kier molecular flexibility index (Phi) is 3.72. The molecule has 1 aromatic carbocycles. The molecule has 0 saturated carbocycles. The number of nitrogens with two attached hydrogens (primary N) is 1. The highest BCUT2D eigenvalue weighted by Gasteiger charge is 2.34. The number of nitrogens with one attached hydrogen (secondary N) is 1. The normalized spacial score (nSPS) is 16.2. The average molecular weight is 350 g/mol. The van der Waals surface area contributed by atoms with Crippen LogP contribution in [-0.4, -0.2) is 25.7 Å². The number of primary amides is 1. The number of hydrogen-bond donors (Lipinski definition) is 2. The van der Waals surface area contributed by atoms with Gasteiger partial charge in [-0.1, -0.05) is 18.2 Å². The fraction of sp³-hybridized carbons (Fsp3) is 0.111. The van der Waals surface area contributed by atoms with Gasteiger partial charge in [0.15, 0.2) is 5.82 Å². The van der Waals surface area contributed by atoms with Crippen molar-refractivity contribution in [2.45, 2.75) is 13.0 Å². The van der Waals surface area contributed by atoms with Gasteiger partial charge in [-0.15, -0.1) is 5.10 Å². The van der Waals surface area contributed by atoms with Gasteiger partial charge in [0.05, 0.1) is 5.57 Å². The maximum Gasteiger partial charge on any atom is 0.248 e. The molecule has 4 rings (SSSR count). The molecule has 1 aliphatic heterocycles. The van der Waals surface area contributed by atoms with Crippen LogP contribution < -0.4 is 11.1 Å². The molecule has 0 spiro atoms. The summed E-state index contributed by atoms with van der Waals surface area (Å²) in [5, 5.41) is 7.51. The van der Waals surface area contributed by atoms with Crippen LogP contribution in [-0.2, 0) is 4.79 Å². The number of anilines is 1. The minimum Gasteiger partial charge on any atom is -0.366 e. The molecule has 2 aromatic heterocycles. The number of allylic oxidation sites excluding steroid dienone is 1. The summed E-state index contributed by atoms with van der Waals surface area (Å²) >= 11 is 0. The number of amides is 1. The van der Waals surface area contributed by atoms with Gasteiger partial charge in [0.25, 0.3) is 0 Å². The van der Waals surface area contributed by atoms with E-state index in [1.807, 2.05) is 6.07 Å². The summed E-state index contributed by atoms with van der Waals surface area (Å²) in [6.45, 7) is 1.70. The molecule has 1 aliphatic rings. The van der Waals surface area contributed by atoms with Crippen LogP contribution in [0.2, 0.25) is 0 Å². The van der Waals surface area contributed by atoms with E-state index in [0.29, 0.717) is 28.6 Å². The summed E-state index contributed by atoms with van der Waals surface area (Å²) in [5.74, 6) is -0.275. The largest absolute Gasteiger partial charge is 0.366 e. The number of carbonyl (C=O) groups excluding carboxylic acids is 1. The molecule has 26 heavy (non-hydrogen) atoms. The van der Waals surface area contributed by atoms with Crippen LogP contribution in [0, 0.1) is 5.82 Å². The topological polar surface area (TPSA) is 98.7 Å². The van der Waals surface area contributed by atoms with Crippen molar-refractivity contribution in [3.63, 3.8) is 0 Å². The maximum absolute atomic E-state index is 14.5. The Morgan fingerprint density at radius 3 is 2.77 bits per heavy atom. The highest BCUT2D eigenvalue weighted by molar-refractivity contribution is 5.95. The first-order chi connectivity index (χ1) is 12.6. The molecule has 1 atom stereocenters. The van der Waals surface area contributed by atoms with Gasteiger partial charge in [-0.3, -0.25) is 9.78 Å². The van der Waals surface area contributed by atoms with Gasteiger partial charge in [-0.05, 0) is 25.1 Å². The van der Waals surface area contributed by atoms with E-state index in [0.717, 1.165) is 0 Å². The second kappa shape index (κ2) is 6.07. The van der Waals surface area contributed by atoms with E-state index in [2.05, 4.69) is 20.4 Å². The van der Waals surface area contributed by atoms with Crippen molar-refractivity contribution in [1.29, 1.82) is 0 Å². The van der Waals surface area contributed by atoms with Gasteiger partial charge < -0.3 is 11.1 Å². The lowest BCUT2D eigenvalue weighted by atomic mass is 9.95. The Balaban J connectivity index is 1.92. The number of carbonyl (C=O) groups is 1. The lowest BCUT2D eigenvalue weighted by Crippen LogP contribution is -2.32. The second-order valence-corrected chi connectivity index (χ2v) is 5.90. The molecular weight excluding hydrogens is 335 g/mol. The molecule has 1 amide bonds. The van der Waals surface area contributed by atoms with Crippen LogP contribution in [0.5, 0.6) is 0 Å². The van der Waals surface area contributed by atoms with Crippen LogP contribution in [0.1, 0.15) is 18.5 Å². The van der Waals surface area contributed by atoms with E-state index in [1.54, 1.807) is 43.6 Å². The summed E-state index contributed by atoms with van der Waals surface area (Å²) in [6.07, 6.45) is 3.28. The van der Waals surface area contributed by atoms with E-state index < -0.39 is 17.8 Å². The molecule has 3 aromatic rings. The Labute approximate surface area is 148 Å². The van der Waals surface area contributed by atoms with Gasteiger partial charge in [-0.2, -0.15) is 4.98 Å². The monoisotopic (exact) mass is 350 g/mol. The van der Waals surface area contributed by atoms with Crippen molar-refractivity contribution in [3.8, 4) is 11.4 Å². The van der Waals surface area contributed by atoms with E-state index >= 15 is 0 Å². The molecule has 1 unspecified atom stereocenters. The van der Waals surface area contributed by atoms with Gasteiger partial charge in [0.2, 0.25) is 11.9 Å². The Morgan fingerprint density at radius 1 is 1.27 bits per heavy atom. The summed E-state index contributed by atoms with van der Waals surface area (Å²) in [7, 11) is 0. The van der Waals surface area contributed by atoms with Crippen LogP contribution in [0.25, 0.3) is 11.4 Å². The quantitative estimate of drug-likeness (QED) is 0.755. The first kappa shape index (κ1) is 15.9. The van der Waals surface area contributed by atoms with Gasteiger partial charge in [0, 0.05) is 29.2 Å². The minimum absolute atomic E-state index is 0.241. The molecule has 3 N–H and O–H groups in total. The number of benzene rings is 1. The van der Waals surface area contributed by atoms with E-state index in [1.165, 1.54) is 10.7 Å². The van der Waals surface area contributed by atoms with Crippen LogP contribution in [0.15, 0.2) is 60.1 Å². The number of nitrogens with zero attached hydrogens (tertiary/aromatic N) is 4. The highest BCUT2D eigenvalue weighted by Crippen LogP contribution is 2.36. The predicted octanol–water partition coefficient (Wildman–Crippen LogP) is 2.25. The smallest absolute Gasteiger partial charge is 0.248 e. The maximum atomic E-state index is 14.5. The first-order valence-corrected chi connectivity index (χ1v) is 7.95. The zero-order chi connectivity index (χ0) is 18.3. The summed E-state index contributed by atoms with van der Waals surface area (Å²) < 4.78 is 16.0. The van der Waals surface area contributed by atoms with Crippen LogP contribution >= 0.6 is 0 Å². The predicted molar refractivity (Wildman–Crippen MR) is 93.3 cm³/mol. The molecular formula is C18H15FN6O. The average Bonchev–Trinajstić information content (AvgIpc) is 3.05. The van der Waals surface area contributed by atoms with Crippen molar-refractivity contribution in [2.75, 3.05) is 5.32 Å². The van der Waals surface area contributed by atoms with E-state index in [-0.39, 0.29) is 5.57 Å². The standard InChI is InChI=1S/C18H15FN6O/c1-10-14(16(20)26)15(12-6-2-3-7-13(12)19)25-18(22-10)23-17(24-25)11-5-4-8-21-9-11/h2-9,15H,1H3,(H2,20,26)(H,22,23,24). The zero-order valence-electron chi connectivity index (χ0n) is 13.8. The van der Waals surface area contributed by atoms with E-state index in [4.69, 9.17) is 5.73 Å². The summed E-state index contributed by atoms with van der Waals surface area (Å²) in [4.78, 5) is 20.6. The zero-order valence-corrected chi connectivity index (χ0v) is 13.8. The van der Waals surface area contributed by atoms with Crippen molar-refractivity contribution in [3.05, 3.63) is 71.4 Å². The van der Waals surface area contributed by atoms with Crippen molar-refractivity contribution in [1.82, 2.24) is 19.7 Å². The van der Waals surface area contributed by atoms with Crippen molar-refractivity contribution in [2.24, 2.45) is 5.73 Å². The lowest BCUT2D eigenvalue weighted by molar-refractivity contribution is -0.115. The van der Waals surface area contributed by atoms with Crippen molar-refractivity contribution >= 4 is 11.9 Å². The SMILES string of the molecule is CC1=C(C(N)=O)C(c2ccccc2F)n2nc(-c3cccnc3)nc2N1. The molecule has 0 bridgehead atoms. The number of hydrogen-bond acceptors (Lipinski definition) is 5. The molecule has 0 radical (unpaired) electrons. The van der Waals surface area contributed by atoms with Crippen LogP contribution in [0.3, 0.4) is 0 Å². The second-order valence-electron chi connectivity index (χ2n) is 5.90. The summed E-state index contributed by atoms with van der Waals surface area (Å²) in [5.41, 5.74) is 7.34. The minimum atomic E-state index is -0.803. The lowest BCUT2D eigenvalue weighted by Gasteiger charge is -2.27. The van der Waals surface area contributed by atoms with Gasteiger partial charge in [-0.25, -0.2) is 9.07 Å². The van der Waals surface area contributed by atoms with Crippen LogP contribution in [0.4, 0.5) is 10.3 Å². The molecule has 0 aliphatic carbocycles. The number of rotatable bonds is 3. The number of aromatic nitrogens is 4. The van der Waals surface area contributed by atoms with E-state index in [9.17, 15) is 9.18 Å². The number of pyridine rings is 1.